The predicted molar refractivity (Wildman–Crippen MR) is 67.1 cm³/mol. The van der Waals surface area contributed by atoms with Crippen LogP contribution in [0.2, 0.25) is 5.02 Å². The van der Waals surface area contributed by atoms with Crippen molar-refractivity contribution >= 4 is 17.5 Å². The van der Waals surface area contributed by atoms with Crippen molar-refractivity contribution in [2.75, 3.05) is 5.73 Å². The van der Waals surface area contributed by atoms with Crippen LogP contribution in [0.25, 0.3) is 11.1 Å². The molecule has 5 heteroatoms. The molecule has 0 aliphatic heterocycles. The normalized spacial score (nSPS) is 11.1. The van der Waals surface area contributed by atoms with Gasteiger partial charge in [0.15, 0.2) is 0 Å². The topological polar surface area (TPSA) is 72.3 Å². The third kappa shape index (κ3) is 2.08. The molecule has 90 valence electrons. The molecule has 1 aromatic heterocycles. The van der Waals surface area contributed by atoms with Gasteiger partial charge >= 0.3 is 0 Å². The first-order valence-corrected chi connectivity index (χ1v) is 5.61. The Bertz CT molecular complexity index is 549. The van der Waals surface area contributed by atoms with Gasteiger partial charge in [-0.05, 0) is 23.6 Å². The minimum absolute atomic E-state index is 0.161. The Morgan fingerprint density at radius 3 is 2.59 bits per heavy atom. The van der Waals surface area contributed by atoms with Crippen molar-refractivity contribution in [1.82, 2.24) is 5.16 Å². The van der Waals surface area contributed by atoms with E-state index in [9.17, 15) is 5.11 Å². The molecule has 2 rings (SSSR count). The van der Waals surface area contributed by atoms with Crippen molar-refractivity contribution in [2.45, 2.75) is 19.8 Å². The number of anilines is 1. The number of phenolic OH excluding ortho intramolecular Hbond substituents is 1. The quantitative estimate of drug-likeness (QED) is 0.859. The number of benzene rings is 1. The Labute approximate surface area is 104 Å². The zero-order valence-corrected chi connectivity index (χ0v) is 10.3. The second-order valence-electron chi connectivity index (χ2n) is 4.15. The maximum absolute atomic E-state index is 10.2. The van der Waals surface area contributed by atoms with Gasteiger partial charge in [0.1, 0.15) is 5.75 Å². The molecular formula is C12H13ClN2O2. The first-order valence-electron chi connectivity index (χ1n) is 5.23. The fraction of sp³-hybridized carbons (Fsp3) is 0.250. The predicted octanol–water partition coefficient (Wildman–Crippen LogP) is 3.41. The molecule has 0 fully saturated rings. The third-order valence-corrected chi connectivity index (χ3v) is 2.83. The largest absolute Gasteiger partial charge is 0.507 e. The van der Waals surface area contributed by atoms with E-state index in [2.05, 4.69) is 5.16 Å². The Balaban J connectivity index is 2.67. The van der Waals surface area contributed by atoms with E-state index in [1.54, 1.807) is 12.1 Å². The van der Waals surface area contributed by atoms with Crippen LogP contribution in [-0.2, 0) is 0 Å². The minimum Gasteiger partial charge on any atom is -0.507 e. The van der Waals surface area contributed by atoms with E-state index in [1.165, 1.54) is 6.20 Å². The number of halogens is 1. The second-order valence-corrected chi connectivity index (χ2v) is 4.59. The lowest BCUT2D eigenvalue weighted by Crippen LogP contribution is -1.92. The Morgan fingerprint density at radius 1 is 1.35 bits per heavy atom. The molecular weight excluding hydrogens is 240 g/mol. The van der Waals surface area contributed by atoms with Crippen LogP contribution in [0, 0.1) is 0 Å². The summed E-state index contributed by atoms with van der Waals surface area (Å²) < 4.78 is 4.79. The fourth-order valence-electron chi connectivity index (χ4n) is 1.72. The van der Waals surface area contributed by atoms with Crippen molar-refractivity contribution < 1.29 is 9.63 Å². The number of aromatic nitrogens is 1. The number of nitrogen functional groups attached to an aromatic ring is 1. The van der Waals surface area contributed by atoms with Crippen LogP contribution >= 0.6 is 11.6 Å². The summed E-state index contributed by atoms with van der Waals surface area (Å²) in [6.07, 6.45) is 1.46. The molecule has 0 bridgehead atoms. The molecule has 0 saturated heterocycles. The van der Waals surface area contributed by atoms with Gasteiger partial charge in [0.05, 0.1) is 11.8 Å². The van der Waals surface area contributed by atoms with Crippen LogP contribution in [0.5, 0.6) is 5.75 Å². The average Bonchev–Trinajstić information content (AvgIpc) is 2.67. The Hall–Kier alpha value is -1.68. The summed E-state index contributed by atoms with van der Waals surface area (Å²) >= 11 is 6.03. The van der Waals surface area contributed by atoms with Gasteiger partial charge in [-0.15, -0.1) is 0 Å². The molecule has 0 unspecified atom stereocenters. The van der Waals surface area contributed by atoms with E-state index in [-0.39, 0.29) is 17.6 Å². The van der Waals surface area contributed by atoms with Crippen molar-refractivity contribution in [3.05, 3.63) is 28.9 Å². The van der Waals surface area contributed by atoms with Crippen LogP contribution in [-0.4, -0.2) is 10.3 Å². The summed E-state index contributed by atoms with van der Waals surface area (Å²) in [6, 6.07) is 3.39. The summed E-state index contributed by atoms with van der Waals surface area (Å²) in [7, 11) is 0. The highest BCUT2D eigenvalue weighted by Crippen LogP contribution is 2.40. The van der Waals surface area contributed by atoms with Gasteiger partial charge in [0, 0.05) is 10.6 Å². The van der Waals surface area contributed by atoms with Crippen LogP contribution in [0.3, 0.4) is 0 Å². The zero-order chi connectivity index (χ0) is 12.6. The number of hydrogen-bond donors (Lipinski definition) is 2. The van der Waals surface area contributed by atoms with Gasteiger partial charge in [0.2, 0.25) is 5.88 Å². The Kier molecular flexibility index (Phi) is 2.98. The standard InChI is InChI=1S/C12H13ClN2O2/c1-6(2)8-3-7(13)4-9(11(8)16)10-5-15-17-12(10)14/h3-6,16H,14H2,1-2H3. The van der Waals surface area contributed by atoms with E-state index >= 15 is 0 Å². The number of hydrogen-bond acceptors (Lipinski definition) is 4. The molecule has 4 nitrogen and oxygen atoms in total. The summed E-state index contributed by atoms with van der Waals surface area (Å²) in [5, 5.41) is 14.3. The third-order valence-electron chi connectivity index (χ3n) is 2.61. The molecule has 0 amide bonds. The summed E-state index contributed by atoms with van der Waals surface area (Å²) in [6.45, 7) is 3.96. The summed E-state index contributed by atoms with van der Waals surface area (Å²) in [4.78, 5) is 0. The summed E-state index contributed by atoms with van der Waals surface area (Å²) in [5.41, 5.74) is 7.50. The molecule has 17 heavy (non-hydrogen) atoms. The van der Waals surface area contributed by atoms with Crippen molar-refractivity contribution in [2.24, 2.45) is 0 Å². The smallest absolute Gasteiger partial charge is 0.230 e. The monoisotopic (exact) mass is 252 g/mol. The molecule has 1 heterocycles. The highest BCUT2D eigenvalue weighted by atomic mass is 35.5. The van der Waals surface area contributed by atoms with Crippen molar-refractivity contribution in [1.29, 1.82) is 0 Å². The molecule has 3 N–H and O–H groups in total. The average molecular weight is 253 g/mol. The van der Waals surface area contributed by atoms with Gasteiger partial charge in [-0.25, -0.2) is 0 Å². The highest BCUT2D eigenvalue weighted by Gasteiger charge is 2.17. The van der Waals surface area contributed by atoms with E-state index in [4.69, 9.17) is 21.9 Å². The maximum atomic E-state index is 10.2. The number of phenols is 1. The van der Waals surface area contributed by atoms with E-state index in [1.807, 2.05) is 13.8 Å². The van der Waals surface area contributed by atoms with Gasteiger partial charge in [-0.1, -0.05) is 30.6 Å². The molecule has 0 radical (unpaired) electrons. The Morgan fingerprint density at radius 2 is 2.06 bits per heavy atom. The van der Waals surface area contributed by atoms with Crippen LogP contribution < -0.4 is 5.73 Å². The van der Waals surface area contributed by atoms with Crippen LogP contribution in [0.4, 0.5) is 5.88 Å². The minimum atomic E-state index is 0.161. The first kappa shape index (κ1) is 11.8. The SMILES string of the molecule is CC(C)c1cc(Cl)cc(-c2cnoc2N)c1O. The van der Waals surface area contributed by atoms with E-state index < -0.39 is 0 Å². The maximum Gasteiger partial charge on any atom is 0.230 e. The van der Waals surface area contributed by atoms with Gasteiger partial charge in [0.25, 0.3) is 0 Å². The lowest BCUT2D eigenvalue weighted by atomic mass is 9.96. The van der Waals surface area contributed by atoms with Gasteiger partial charge in [-0.3, -0.25) is 0 Å². The van der Waals surface area contributed by atoms with Gasteiger partial charge in [-0.2, -0.15) is 0 Å². The highest BCUT2D eigenvalue weighted by molar-refractivity contribution is 6.31. The number of aromatic hydroxyl groups is 1. The number of rotatable bonds is 2. The molecule has 0 aliphatic carbocycles. The lowest BCUT2D eigenvalue weighted by molar-refractivity contribution is 0.436. The van der Waals surface area contributed by atoms with Crippen LogP contribution in [0.1, 0.15) is 25.3 Å². The molecule has 0 spiro atoms. The number of nitrogens with two attached hydrogens (primary N) is 1. The van der Waals surface area contributed by atoms with Crippen LogP contribution in [0.15, 0.2) is 22.9 Å². The van der Waals surface area contributed by atoms with E-state index in [0.29, 0.717) is 16.1 Å². The fourth-order valence-corrected chi connectivity index (χ4v) is 1.94. The summed E-state index contributed by atoms with van der Waals surface area (Å²) in [5.74, 6) is 0.491. The second kappa shape index (κ2) is 4.30. The molecule has 0 saturated carbocycles. The zero-order valence-electron chi connectivity index (χ0n) is 9.57. The van der Waals surface area contributed by atoms with E-state index in [0.717, 1.165) is 5.56 Å². The molecule has 2 aromatic rings. The van der Waals surface area contributed by atoms with Crippen molar-refractivity contribution in [3.63, 3.8) is 0 Å². The van der Waals surface area contributed by atoms with Crippen molar-refractivity contribution in [3.8, 4) is 16.9 Å². The lowest BCUT2D eigenvalue weighted by Gasteiger charge is -2.12. The molecule has 0 aliphatic rings. The number of nitrogens with zero attached hydrogens (tertiary/aromatic N) is 1. The molecule has 1 aromatic carbocycles. The van der Waals surface area contributed by atoms with Gasteiger partial charge < -0.3 is 15.4 Å². The molecule has 0 atom stereocenters. The first-order chi connectivity index (χ1) is 8.00.